The van der Waals surface area contributed by atoms with E-state index >= 15 is 0 Å². The molecule has 0 saturated carbocycles. The zero-order valence-electron chi connectivity index (χ0n) is 24.0. The molecule has 0 aliphatic carbocycles. The van der Waals surface area contributed by atoms with Crippen LogP contribution in [0.2, 0.25) is 28.2 Å². The Morgan fingerprint density at radius 3 is 2.18 bits per heavy atom. The predicted molar refractivity (Wildman–Crippen MR) is 174 cm³/mol. The van der Waals surface area contributed by atoms with E-state index in [1.807, 2.05) is 30.0 Å². The molecule has 0 aliphatic heterocycles. The molecule has 39 heavy (non-hydrogen) atoms. The van der Waals surface area contributed by atoms with Crippen LogP contribution in [0.25, 0.3) is 10.1 Å². The van der Waals surface area contributed by atoms with Gasteiger partial charge in [0.15, 0.2) is 0 Å². The van der Waals surface area contributed by atoms with Gasteiger partial charge < -0.3 is 0 Å². The van der Waals surface area contributed by atoms with Gasteiger partial charge in [0.1, 0.15) is 0 Å². The zero-order chi connectivity index (χ0) is 28.5. The van der Waals surface area contributed by atoms with Crippen molar-refractivity contribution < 1.29 is 4.43 Å². The van der Waals surface area contributed by atoms with Gasteiger partial charge in [-0.05, 0) is 0 Å². The number of rotatable bonds is 8. The minimum atomic E-state index is -1.92. The minimum absolute atomic E-state index is 0.116. The molecule has 1 aromatic heterocycles. The molecule has 0 N–H and O–H groups in total. The van der Waals surface area contributed by atoms with Crippen LogP contribution in [0.4, 0.5) is 0 Å². The molecular weight excluding hydrogens is 624 g/mol. The van der Waals surface area contributed by atoms with Crippen LogP contribution in [-0.2, 0) is 6.42 Å². The second-order valence-corrected chi connectivity index (χ2v) is 20.6. The fourth-order valence-electron chi connectivity index (χ4n) is 4.03. The van der Waals surface area contributed by atoms with Gasteiger partial charge in [-0.1, -0.05) is 0 Å². The molecule has 0 saturated heterocycles. The molecular formula is C32H37Cl2NOSSeSi. The van der Waals surface area contributed by atoms with E-state index in [1.165, 1.54) is 30.6 Å². The van der Waals surface area contributed by atoms with Crippen molar-refractivity contribution in [3.05, 3.63) is 97.5 Å². The Balaban J connectivity index is 1.69. The number of hydrogen-bond donors (Lipinski definition) is 0. The quantitative estimate of drug-likeness (QED) is 0.139. The fraction of sp³-hybridized carbons (Fsp3) is 0.344. The molecule has 1 unspecified atom stereocenters. The molecule has 0 bridgehead atoms. The first-order chi connectivity index (χ1) is 18.2. The molecule has 0 amide bonds. The van der Waals surface area contributed by atoms with E-state index in [2.05, 4.69) is 97.1 Å². The molecule has 0 aliphatic rings. The standard InChI is InChI=1S/C32H37Cl2NOSSeSi/c1-20-12-14-23(15-13-20)31-35-22(3)30(38-31)29(19-25-26(33)10-9-11-27(25)34)37-24-16-17-28(21(2)18-24)36-39(7,8)32(4,5)6/h9-18,29H,19H2,1-8H3. The first-order valence-corrected chi connectivity index (χ1v) is 19.4. The summed E-state index contributed by atoms with van der Waals surface area (Å²) in [6.45, 7) is 17.8. The predicted octanol–water partition coefficient (Wildman–Crippen LogP) is 10.5. The number of thioether (sulfide) groups is 1. The van der Waals surface area contributed by atoms with Crippen molar-refractivity contribution in [3.63, 3.8) is 0 Å². The van der Waals surface area contributed by atoms with Gasteiger partial charge in [-0.15, -0.1) is 0 Å². The number of aromatic nitrogens is 1. The average molecular weight is 662 g/mol. The van der Waals surface area contributed by atoms with Crippen LogP contribution in [0.3, 0.4) is 0 Å². The van der Waals surface area contributed by atoms with Gasteiger partial charge >= 0.3 is 257 Å². The van der Waals surface area contributed by atoms with Gasteiger partial charge in [0.2, 0.25) is 0 Å². The molecule has 0 fully saturated rings. The van der Waals surface area contributed by atoms with Gasteiger partial charge in [-0.3, -0.25) is 0 Å². The zero-order valence-corrected chi connectivity index (χ0v) is 29.0. The third-order valence-corrected chi connectivity index (χ3v) is 16.8. The van der Waals surface area contributed by atoms with Gasteiger partial charge in [-0.2, -0.15) is 0 Å². The summed E-state index contributed by atoms with van der Waals surface area (Å²) >= 11 is 15.3. The summed E-state index contributed by atoms with van der Waals surface area (Å²) in [5.74, 6) is 0.988. The summed E-state index contributed by atoms with van der Waals surface area (Å²) in [7, 11) is -1.92. The monoisotopic (exact) mass is 661 g/mol. The second-order valence-electron chi connectivity index (χ2n) is 11.6. The molecule has 0 radical (unpaired) electrons. The van der Waals surface area contributed by atoms with E-state index < -0.39 is 8.32 Å². The van der Waals surface area contributed by atoms with Crippen LogP contribution in [0.15, 0.2) is 65.6 Å². The second kappa shape index (κ2) is 12.2. The van der Waals surface area contributed by atoms with Crippen LogP contribution in [0.5, 0.6) is 5.75 Å². The molecule has 1 atom stereocenters. The van der Waals surface area contributed by atoms with E-state index in [1.54, 1.807) is 0 Å². The van der Waals surface area contributed by atoms with Crippen molar-refractivity contribution in [1.29, 1.82) is 0 Å². The Bertz CT molecular complexity index is 1440. The number of benzene rings is 3. The molecule has 0 spiro atoms. The Morgan fingerprint density at radius 1 is 0.949 bits per heavy atom. The van der Waals surface area contributed by atoms with E-state index in [4.69, 9.17) is 32.6 Å². The molecule has 3 aromatic carbocycles. The van der Waals surface area contributed by atoms with Crippen LogP contribution < -0.4 is 4.43 Å². The van der Waals surface area contributed by atoms with Crippen molar-refractivity contribution in [2.24, 2.45) is 0 Å². The molecule has 2 nitrogen and oxygen atoms in total. The van der Waals surface area contributed by atoms with E-state index in [9.17, 15) is 0 Å². The first kappa shape index (κ1) is 30.5. The third kappa shape index (κ3) is 7.25. The molecule has 7 heteroatoms. The number of aryl methyl sites for hydroxylation is 3. The summed E-state index contributed by atoms with van der Waals surface area (Å²) in [6.07, 6.45) is 0.746. The summed E-state index contributed by atoms with van der Waals surface area (Å²) < 4.78 is 9.21. The number of nitrogens with zero attached hydrogens (tertiary/aromatic N) is 1. The van der Waals surface area contributed by atoms with Crippen LogP contribution in [-0.4, -0.2) is 27.8 Å². The van der Waals surface area contributed by atoms with Gasteiger partial charge in [-0.25, -0.2) is 0 Å². The Labute approximate surface area is 255 Å². The summed E-state index contributed by atoms with van der Waals surface area (Å²) in [6, 6.07) is 21.0. The van der Waals surface area contributed by atoms with Crippen LogP contribution in [0, 0.1) is 20.8 Å². The maximum absolute atomic E-state index is 6.66. The molecule has 206 valence electrons. The van der Waals surface area contributed by atoms with Crippen LogP contribution >= 0.6 is 35.0 Å². The van der Waals surface area contributed by atoms with Crippen molar-refractivity contribution in [2.75, 3.05) is 0 Å². The van der Waals surface area contributed by atoms with E-state index in [0.29, 0.717) is 10.0 Å². The summed E-state index contributed by atoms with van der Waals surface area (Å²) in [4.78, 5) is 6.25. The SMILES string of the molecule is Cc1ccc(-c2nc(C)c(C(Cc3c(Cl)cccc3Cl)Sc3ccc(O[Si](C)(C)C(C)(C)C)c(C)c3)[se]2)cc1. The van der Waals surface area contributed by atoms with Gasteiger partial charge in [0, 0.05) is 0 Å². The van der Waals surface area contributed by atoms with Crippen molar-refractivity contribution >= 4 is 57.8 Å². The number of hydrogen-bond acceptors (Lipinski definition) is 3. The van der Waals surface area contributed by atoms with Crippen LogP contribution in [0.1, 0.15) is 52.8 Å². The molecule has 4 rings (SSSR count). The van der Waals surface area contributed by atoms with Crippen molar-refractivity contribution in [2.45, 2.75) is 76.2 Å². The molecule has 1 heterocycles. The Kier molecular flexibility index (Phi) is 9.53. The normalized spacial score (nSPS) is 13.0. The summed E-state index contributed by atoms with van der Waals surface area (Å²) in [5.41, 5.74) is 5.73. The van der Waals surface area contributed by atoms with E-state index in [-0.39, 0.29) is 24.8 Å². The first-order valence-electron chi connectivity index (χ1n) is 13.2. The Morgan fingerprint density at radius 2 is 1.59 bits per heavy atom. The third-order valence-electron chi connectivity index (χ3n) is 7.47. The van der Waals surface area contributed by atoms with E-state index in [0.717, 1.165) is 23.4 Å². The van der Waals surface area contributed by atoms with Crippen molar-refractivity contribution in [1.82, 2.24) is 4.98 Å². The number of halogens is 2. The average Bonchev–Trinajstić information content (AvgIpc) is 3.23. The van der Waals surface area contributed by atoms with Gasteiger partial charge in [0.05, 0.1) is 0 Å². The topological polar surface area (TPSA) is 22.1 Å². The maximum atomic E-state index is 6.66. The Hall–Kier alpha value is -1.46. The fourth-order valence-corrected chi connectivity index (χ4v) is 9.68. The van der Waals surface area contributed by atoms with Crippen molar-refractivity contribution in [3.8, 4) is 15.9 Å². The molecule has 4 aromatic rings. The summed E-state index contributed by atoms with van der Waals surface area (Å²) in [5, 5.41) is 1.74. The van der Waals surface area contributed by atoms with Gasteiger partial charge in [0.25, 0.3) is 0 Å².